The first kappa shape index (κ1) is 18.6. The van der Waals surface area contributed by atoms with E-state index < -0.39 is 0 Å². The summed E-state index contributed by atoms with van der Waals surface area (Å²) < 4.78 is 10.5. The van der Waals surface area contributed by atoms with E-state index in [1.165, 1.54) is 0 Å². The molecule has 1 aromatic carbocycles. The van der Waals surface area contributed by atoms with Crippen LogP contribution in [-0.4, -0.2) is 25.5 Å². The number of carbonyl (C=O) groups is 1. The van der Waals surface area contributed by atoms with Crippen molar-refractivity contribution in [3.63, 3.8) is 0 Å². The second-order valence-electron chi connectivity index (χ2n) is 5.54. The van der Waals surface area contributed by atoms with Gasteiger partial charge in [0, 0.05) is 20.0 Å². The molecule has 0 aliphatic heterocycles. The van der Waals surface area contributed by atoms with E-state index in [2.05, 4.69) is 15.6 Å². The normalized spacial score (nSPS) is 11.2. The predicted molar refractivity (Wildman–Crippen MR) is 97.0 cm³/mol. The number of benzene rings is 1. The molecule has 6 nitrogen and oxygen atoms in total. The van der Waals surface area contributed by atoms with Crippen molar-refractivity contribution in [2.45, 2.75) is 32.4 Å². The summed E-state index contributed by atoms with van der Waals surface area (Å²) in [6.07, 6.45) is 3.70. The molecular weight excluding hydrogens is 318 g/mol. The smallest absolute Gasteiger partial charge is 0.306 e. The topological polar surface area (TPSA) is 75.9 Å². The molecule has 0 saturated heterocycles. The number of nitrogens with zero attached hydrogens (tertiary/aromatic N) is 1. The molecule has 2 aromatic rings. The summed E-state index contributed by atoms with van der Waals surface area (Å²) in [5, 5.41) is 6.37. The zero-order chi connectivity index (χ0) is 17.7. The number of rotatable bonds is 9. The van der Waals surface area contributed by atoms with Crippen molar-refractivity contribution in [1.82, 2.24) is 10.6 Å². The highest BCUT2D eigenvalue weighted by atomic mass is 16.5. The van der Waals surface area contributed by atoms with Gasteiger partial charge in [0.1, 0.15) is 12.4 Å². The maximum Gasteiger partial charge on any atom is 0.306 e. The minimum absolute atomic E-state index is 0.163. The summed E-state index contributed by atoms with van der Waals surface area (Å²) >= 11 is 0. The number of furan rings is 1. The molecule has 134 valence electrons. The number of ether oxygens (including phenoxy) is 1. The Morgan fingerprint density at radius 3 is 2.68 bits per heavy atom. The number of hydrogen-bond acceptors (Lipinski definition) is 4. The monoisotopic (exact) mass is 343 g/mol. The van der Waals surface area contributed by atoms with Crippen LogP contribution in [0.3, 0.4) is 0 Å². The molecule has 0 radical (unpaired) electrons. The van der Waals surface area contributed by atoms with Crippen LogP contribution in [0.25, 0.3) is 0 Å². The minimum Gasteiger partial charge on any atom is -0.467 e. The van der Waals surface area contributed by atoms with Gasteiger partial charge in [0.15, 0.2) is 5.96 Å². The van der Waals surface area contributed by atoms with Crippen molar-refractivity contribution in [3.8, 4) is 0 Å². The Kier molecular flexibility index (Phi) is 8.11. The average Bonchev–Trinajstić information content (AvgIpc) is 3.16. The van der Waals surface area contributed by atoms with Crippen LogP contribution in [0.15, 0.2) is 58.1 Å². The van der Waals surface area contributed by atoms with Crippen molar-refractivity contribution < 1.29 is 13.9 Å². The molecule has 0 aliphatic rings. The summed E-state index contributed by atoms with van der Waals surface area (Å²) in [4.78, 5) is 15.9. The van der Waals surface area contributed by atoms with Crippen LogP contribution in [0.5, 0.6) is 0 Å². The highest BCUT2D eigenvalue weighted by Crippen LogP contribution is 2.03. The van der Waals surface area contributed by atoms with Crippen molar-refractivity contribution in [2.75, 3.05) is 13.6 Å². The van der Waals surface area contributed by atoms with Gasteiger partial charge in [-0.1, -0.05) is 30.3 Å². The van der Waals surface area contributed by atoms with Crippen LogP contribution in [0.2, 0.25) is 0 Å². The Hall–Kier alpha value is -2.76. The molecule has 0 aliphatic carbocycles. The van der Waals surface area contributed by atoms with E-state index >= 15 is 0 Å². The Balaban J connectivity index is 1.52. The number of guanidine groups is 1. The molecule has 0 unspecified atom stereocenters. The zero-order valence-electron chi connectivity index (χ0n) is 14.5. The summed E-state index contributed by atoms with van der Waals surface area (Å²) in [5.41, 5.74) is 1.00. The minimum atomic E-state index is -0.163. The van der Waals surface area contributed by atoms with Gasteiger partial charge in [-0.15, -0.1) is 0 Å². The van der Waals surface area contributed by atoms with E-state index in [0.717, 1.165) is 30.7 Å². The maximum absolute atomic E-state index is 11.7. The highest BCUT2D eigenvalue weighted by Gasteiger charge is 2.04. The third-order valence-corrected chi connectivity index (χ3v) is 3.58. The van der Waals surface area contributed by atoms with E-state index in [1.54, 1.807) is 13.3 Å². The molecule has 2 N–H and O–H groups in total. The van der Waals surface area contributed by atoms with Gasteiger partial charge in [0.2, 0.25) is 0 Å². The van der Waals surface area contributed by atoms with Crippen molar-refractivity contribution in [1.29, 1.82) is 0 Å². The Morgan fingerprint density at radius 2 is 1.96 bits per heavy atom. The largest absolute Gasteiger partial charge is 0.467 e. The first-order valence-corrected chi connectivity index (χ1v) is 8.44. The number of hydrogen-bond donors (Lipinski definition) is 2. The Labute approximate surface area is 148 Å². The van der Waals surface area contributed by atoms with E-state index in [0.29, 0.717) is 25.5 Å². The molecular formula is C19H25N3O3. The maximum atomic E-state index is 11.7. The Morgan fingerprint density at radius 1 is 1.12 bits per heavy atom. The van der Waals surface area contributed by atoms with Crippen LogP contribution in [0.1, 0.15) is 30.6 Å². The quantitative estimate of drug-likeness (QED) is 0.317. The first-order chi connectivity index (χ1) is 12.3. The van der Waals surface area contributed by atoms with Crippen LogP contribution in [0.4, 0.5) is 0 Å². The van der Waals surface area contributed by atoms with Crippen LogP contribution in [-0.2, 0) is 22.7 Å². The molecule has 0 spiro atoms. The molecule has 1 aromatic heterocycles. The standard InChI is InChI=1S/C19H25N3O3/c1-20-19(22-14-17-10-7-13-24-17)21-12-6-5-11-18(23)25-15-16-8-3-2-4-9-16/h2-4,7-10,13H,5-6,11-12,14-15H2,1H3,(H2,20,21,22). The van der Waals surface area contributed by atoms with Gasteiger partial charge >= 0.3 is 5.97 Å². The van der Waals surface area contributed by atoms with Gasteiger partial charge in [0.05, 0.1) is 12.8 Å². The van der Waals surface area contributed by atoms with E-state index in [-0.39, 0.29) is 5.97 Å². The van der Waals surface area contributed by atoms with Gasteiger partial charge in [-0.3, -0.25) is 9.79 Å². The van der Waals surface area contributed by atoms with Crippen LogP contribution in [0, 0.1) is 0 Å². The number of esters is 1. The fraction of sp³-hybridized carbons (Fsp3) is 0.368. The van der Waals surface area contributed by atoms with Gasteiger partial charge in [-0.05, 0) is 30.5 Å². The third-order valence-electron chi connectivity index (χ3n) is 3.58. The van der Waals surface area contributed by atoms with E-state index in [4.69, 9.17) is 9.15 Å². The van der Waals surface area contributed by atoms with Gasteiger partial charge in [-0.2, -0.15) is 0 Å². The number of carbonyl (C=O) groups excluding carboxylic acids is 1. The first-order valence-electron chi connectivity index (χ1n) is 8.44. The fourth-order valence-corrected chi connectivity index (χ4v) is 2.22. The van der Waals surface area contributed by atoms with Crippen molar-refractivity contribution >= 4 is 11.9 Å². The lowest BCUT2D eigenvalue weighted by molar-refractivity contribution is -0.145. The number of aliphatic imine (C=N–C) groups is 1. The zero-order valence-corrected chi connectivity index (χ0v) is 14.5. The van der Waals surface area contributed by atoms with Gasteiger partial charge in [0.25, 0.3) is 0 Å². The molecule has 2 rings (SSSR count). The SMILES string of the molecule is CN=C(NCCCCC(=O)OCc1ccccc1)NCc1ccco1. The molecule has 25 heavy (non-hydrogen) atoms. The predicted octanol–water partition coefficient (Wildman–Crippen LogP) is 2.86. The summed E-state index contributed by atoms with van der Waals surface area (Å²) in [7, 11) is 1.72. The highest BCUT2D eigenvalue weighted by molar-refractivity contribution is 5.79. The fourth-order valence-electron chi connectivity index (χ4n) is 2.22. The Bertz CT molecular complexity index is 639. The van der Waals surface area contributed by atoms with Crippen molar-refractivity contribution in [3.05, 3.63) is 60.1 Å². The lowest BCUT2D eigenvalue weighted by atomic mass is 10.2. The second-order valence-corrected chi connectivity index (χ2v) is 5.54. The third kappa shape index (κ3) is 7.56. The van der Waals surface area contributed by atoms with E-state index in [1.807, 2.05) is 42.5 Å². The molecule has 6 heteroatoms. The van der Waals surface area contributed by atoms with Crippen LogP contribution >= 0.6 is 0 Å². The molecule has 0 amide bonds. The molecule has 0 saturated carbocycles. The molecule has 0 atom stereocenters. The molecule has 0 bridgehead atoms. The van der Waals surface area contributed by atoms with Gasteiger partial charge in [-0.25, -0.2) is 0 Å². The summed E-state index contributed by atoms with van der Waals surface area (Å²) in [6, 6.07) is 13.4. The number of nitrogens with one attached hydrogen (secondary N) is 2. The van der Waals surface area contributed by atoms with Gasteiger partial charge < -0.3 is 19.8 Å². The lowest BCUT2D eigenvalue weighted by Gasteiger charge is -2.10. The molecule has 0 fully saturated rings. The van der Waals surface area contributed by atoms with E-state index in [9.17, 15) is 4.79 Å². The second kappa shape index (κ2) is 10.9. The van der Waals surface area contributed by atoms with Crippen LogP contribution < -0.4 is 10.6 Å². The summed E-state index contributed by atoms with van der Waals surface area (Å²) in [5.74, 6) is 1.40. The summed E-state index contributed by atoms with van der Waals surface area (Å²) in [6.45, 7) is 1.66. The molecule has 1 heterocycles. The van der Waals surface area contributed by atoms with Crippen molar-refractivity contribution in [2.24, 2.45) is 4.99 Å². The number of unbranched alkanes of at least 4 members (excludes halogenated alkanes) is 1. The lowest BCUT2D eigenvalue weighted by Crippen LogP contribution is -2.37. The average molecular weight is 343 g/mol.